The number of nitrogens with zero attached hydrogens (tertiary/aromatic N) is 6. The molecule has 0 unspecified atom stereocenters. The lowest BCUT2D eigenvalue weighted by Gasteiger charge is -2.29. The molecule has 0 aliphatic carbocycles. The molecule has 0 amide bonds. The molecule has 4 aromatic rings. The molecule has 8 heteroatoms. The number of aromatic nitrogens is 4. The highest BCUT2D eigenvalue weighted by atomic mass is 16.5. The zero-order chi connectivity index (χ0) is 22.2. The number of rotatable bonds is 3. The predicted octanol–water partition coefficient (Wildman–Crippen LogP) is 2.79. The topological polar surface area (TPSA) is 88.5 Å². The van der Waals surface area contributed by atoms with Gasteiger partial charge in [0.25, 0.3) is 5.56 Å². The molecule has 160 valence electrons. The number of imidazole rings is 1. The quantitative estimate of drug-likeness (QED) is 0.468. The van der Waals surface area contributed by atoms with Crippen LogP contribution in [0.15, 0.2) is 47.4 Å². The standard InChI is InChI=1S/C24H22N6O2/c1-16-6-5-9-30-21(16)27-23(29-10-12-32-13-11-29)18(24(30)31)14-17(15-25)22-26-19-7-3-4-8-20(19)28(22)2/h3-9,14H,10-13H2,1-2H3/b17-14+. The largest absolute Gasteiger partial charge is 0.378 e. The van der Waals surface area contributed by atoms with Gasteiger partial charge in [-0.15, -0.1) is 0 Å². The summed E-state index contributed by atoms with van der Waals surface area (Å²) < 4.78 is 8.90. The Morgan fingerprint density at radius 3 is 2.69 bits per heavy atom. The van der Waals surface area contributed by atoms with Gasteiger partial charge in [0.05, 0.1) is 35.4 Å². The number of pyridine rings is 1. The molecule has 4 heterocycles. The number of anilines is 1. The van der Waals surface area contributed by atoms with Crippen molar-refractivity contribution in [3.05, 3.63) is 69.9 Å². The maximum Gasteiger partial charge on any atom is 0.267 e. The fourth-order valence-corrected chi connectivity index (χ4v) is 4.12. The van der Waals surface area contributed by atoms with E-state index in [9.17, 15) is 10.1 Å². The number of para-hydroxylation sites is 2. The molecule has 1 aromatic carbocycles. The third-order valence-corrected chi connectivity index (χ3v) is 5.81. The Labute approximate surface area is 184 Å². The molecule has 3 aromatic heterocycles. The van der Waals surface area contributed by atoms with E-state index in [0.29, 0.717) is 54.7 Å². The molecular formula is C24H22N6O2. The Morgan fingerprint density at radius 1 is 1.16 bits per heavy atom. The van der Waals surface area contributed by atoms with Crippen LogP contribution in [-0.2, 0) is 11.8 Å². The first-order chi connectivity index (χ1) is 15.6. The number of ether oxygens (including phenoxy) is 1. The fraction of sp³-hybridized carbons (Fsp3) is 0.250. The van der Waals surface area contributed by atoms with Gasteiger partial charge < -0.3 is 14.2 Å². The second kappa shape index (κ2) is 7.94. The average Bonchev–Trinajstić information content (AvgIpc) is 3.16. The van der Waals surface area contributed by atoms with E-state index < -0.39 is 0 Å². The smallest absolute Gasteiger partial charge is 0.267 e. The van der Waals surface area contributed by atoms with Gasteiger partial charge in [-0.3, -0.25) is 9.20 Å². The van der Waals surface area contributed by atoms with Gasteiger partial charge in [0.2, 0.25) is 0 Å². The first-order valence-electron chi connectivity index (χ1n) is 10.5. The van der Waals surface area contributed by atoms with Crippen LogP contribution in [0.5, 0.6) is 0 Å². The summed E-state index contributed by atoms with van der Waals surface area (Å²) in [6.45, 7) is 4.31. The van der Waals surface area contributed by atoms with Crippen LogP contribution in [0.1, 0.15) is 17.0 Å². The van der Waals surface area contributed by atoms with E-state index in [-0.39, 0.29) is 5.56 Å². The lowest BCUT2D eigenvalue weighted by atomic mass is 10.1. The molecule has 0 atom stereocenters. The molecular weight excluding hydrogens is 404 g/mol. The lowest BCUT2D eigenvalue weighted by Crippen LogP contribution is -2.38. The van der Waals surface area contributed by atoms with Crippen molar-refractivity contribution in [3.63, 3.8) is 0 Å². The summed E-state index contributed by atoms with van der Waals surface area (Å²) in [5.74, 6) is 1.08. The molecule has 8 nitrogen and oxygen atoms in total. The minimum absolute atomic E-state index is 0.216. The van der Waals surface area contributed by atoms with E-state index in [4.69, 9.17) is 9.72 Å². The Balaban J connectivity index is 1.77. The SMILES string of the molecule is Cc1cccn2c(=O)c(/C=C(\C#N)c3nc4ccccc4n3C)c(N3CCOCC3)nc12. The number of hydrogen-bond acceptors (Lipinski definition) is 6. The summed E-state index contributed by atoms with van der Waals surface area (Å²) in [5, 5.41) is 10.0. The van der Waals surface area contributed by atoms with Gasteiger partial charge >= 0.3 is 0 Å². The van der Waals surface area contributed by atoms with Crippen LogP contribution in [0.2, 0.25) is 0 Å². The number of morpholine rings is 1. The minimum Gasteiger partial charge on any atom is -0.378 e. The van der Waals surface area contributed by atoms with Gasteiger partial charge in [0, 0.05) is 26.3 Å². The second-order valence-corrected chi connectivity index (χ2v) is 7.79. The molecule has 0 N–H and O–H groups in total. The van der Waals surface area contributed by atoms with Crippen molar-refractivity contribution in [2.45, 2.75) is 6.92 Å². The number of hydrogen-bond donors (Lipinski definition) is 0. The number of aryl methyl sites for hydroxylation is 2. The van der Waals surface area contributed by atoms with Crippen LogP contribution in [-0.4, -0.2) is 45.2 Å². The summed E-state index contributed by atoms with van der Waals surface area (Å²) >= 11 is 0. The molecule has 0 bridgehead atoms. The molecule has 1 aliphatic rings. The van der Waals surface area contributed by atoms with E-state index >= 15 is 0 Å². The van der Waals surface area contributed by atoms with E-state index in [1.54, 1.807) is 12.3 Å². The van der Waals surface area contributed by atoms with Crippen LogP contribution in [0, 0.1) is 18.3 Å². The van der Waals surface area contributed by atoms with Crippen molar-refractivity contribution >= 4 is 34.1 Å². The minimum atomic E-state index is -0.216. The molecule has 1 fully saturated rings. The summed E-state index contributed by atoms with van der Waals surface area (Å²) in [6, 6.07) is 13.7. The van der Waals surface area contributed by atoms with Gasteiger partial charge in [-0.25, -0.2) is 9.97 Å². The number of benzene rings is 1. The maximum atomic E-state index is 13.6. The molecule has 5 rings (SSSR count). The first kappa shape index (κ1) is 20.0. The molecule has 1 saturated heterocycles. The van der Waals surface area contributed by atoms with Crippen molar-refractivity contribution in [1.82, 2.24) is 18.9 Å². The molecule has 32 heavy (non-hydrogen) atoms. The molecule has 0 saturated carbocycles. The van der Waals surface area contributed by atoms with Crippen LogP contribution in [0.4, 0.5) is 5.82 Å². The highest BCUT2D eigenvalue weighted by molar-refractivity contribution is 5.92. The third-order valence-electron chi connectivity index (χ3n) is 5.81. The van der Waals surface area contributed by atoms with Gasteiger partial charge in [-0.05, 0) is 36.8 Å². The molecule has 0 spiro atoms. The Morgan fingerprint density at radius 2 is 1.94 bits per heavy atom. The van der Waals surface area contributed by atoms with Gasteiger partial charge in [0.1, 0.15) is 17.5 Å². The zero-order valence-corrected chi connectivity index (χ0v) is 17.9. The van der Waals surface area contributed by atoms with Crippen molar-refractivity contribution in [3.8, 4) is 6.07 Å². The normalized spacial score (nSPS) is 14.8. The Bertz CT molecular complexity index is 1470. The predicted molar refractivity (Wildman–Crippen MR) is 123 cm³/mol. The van der Waals surface area contributed by atoms with Crippen LogP contribution in [0.25, 0.3) is 28.3 Å². The lowest BCUT2D eigenvalue weighted by molar-refractivity contribution is 0.122. The van der Waals surface area contributed by atoms with E-state index in [1.807, 2.05) is 59.8 Å². The maximum absolute atomic E-state index is 13.6. The Hall–Kier alpha value is -3.96. The number of allylic oxidation sites excluding steroid dienone is 1. The van der Waals surface area contributed by atoms with Crippen LogP contribution in [0.3, 0.4) is 0 Å². The molecule has 1 aliphatic heterocycles. The monoisotopic (exact) mass is 426 g/mol. The van der Waals surface area contributed by atoms with Crippen molar-refractivity contribution in [2.75, 3.05) is 31.2 Å². The van der Waals surface area contributed by atoms with Crippen LogP contribution < -0.4 is 10.5 Å². The fourth-order valence-electron chi connectivity index (χ4n) is 4.12. The number of fused-ring (bicyclic) bond motifs is 2. The highest BCUT2D eigenvalue weighted by Crippen LogP contribution is 2.25. The van der Waals surface area contributed by atoms with Crippen LogP contribution >= 0.6 is 0 Å². The first-order valence-corrected chi connectivity index (χ1v) is 10.5. The summed E-state index contributed by atoms with van der Waals surface area (Å²) in [5.41, 5.74) is 3.70. The van der Waals surface area contributed by atoms with E-state index in [1.165, 1.54) is 4.40 Å². The summed E-state index contributed by atoms with van der Waals surface area (Å²) in [4.78, 5) is 25.1. The Kier molecular flexibility index (Phi) is 4.96. The third kappa shape index (κ3) is 3.24. The van der Waals surface area contributed by atoms with Crippen molar-refractivity contribution < 1.29 is 4.74 Å². The van der Waals surface area contributed by atoms with Crippen molar-refractivity contribution in [1.29, 1.82) is 5.26 Å². The summed E-state index contributed by atoms with van der Waals surface area (Å²) in [7, 11) is 1.87. The summed E-state index contributed by atoms with van der Waals surface area (Å²) in [6.07, 6.45) is 3.33. The average molecular weight is 426 g/mol. The van der Waals surface area contributed by atoms with E-state index in [0.717, 1.165) is 16.6 Å². The van der Waals surface area contributed by atoms with Gasteiger partial charge in [-0.1, -0.05) is 18.2 Å². The number of nitriles is 1. The van der Waals surface area contributed by atoms with E-state index in [2.05, 4.69) is 11.1 Å². The van der Waals surface area contributed by atoms with Gasteiger partial charge in [-0.2, -0.15) is 5.26 Å². The molecule has 0 radical (unpaired) electrons. The van der Waals surface area contributed by atoms with Crippen molar-refractivity contribution in [2.24, 2.45) is 7.05 Å². The highest BCUT2D eigenvalue weighted by Gasteiger charge is 2.22. The van der Waals surface area contributed by atoms with Gasteiger partial charge in [0.15, 0.2) is 5.82 Å². The second-order valence-electron chi connectivity index (χ2n) is 7.79. The zero-order valence-electron chi connectivity index (χ0n) is 17.9.